The molecule has 0 bridgehead atoms. The first-order valence-electron chi connectivity index (χ1n) is 5.80. The molecule has 1 saturated carbocycles. The molecule has 0 unspecified atom stereocenters. The fourth-order valence-corrected chi connectivity index (χ4v) is 1.79. The van der Waals surface area contributed by atoms with Crippen LogP contribution >= 0.6 is 0 Å². The van der Waals surface area contributed by atoms with Crippen LogP contribution in [0.2, 0.25) is 0 Å². The van der Waals surface area contributed by atoms with E-state index in [1.807, 2.05) is 31.3 Å². The van der Waals surface area contributed by atoms with E-state index in [4.69, 9.17) is 5.73 Å². The first kappa shape index (κ1) is 10.2. The maximum atomic E-state index is 5.81. The fourth-order valence-electron chi connectivity index (χ4n) is 1.79. The van der Waals surface area contributed by atoms with Gasteiger partial charge in [-0.15, -0.1) is 0 Å². The normalized spacial score (nSPS) is 14.9. The third-order valence-electron chi connectivity index (χ3n) is 2.90. The summed E-state index contributed by atoms with van der Waals surface area (Å²) in [6, 6.07) is 5.81. The third-order valence-corrected chi connectivity index (χ3v) is 2.90. The van der Waals surface area contributed by atoms with Crippen molar-refractivity contribution in [2.75, 3.05) is 5.73 Å². The Hall–Kier alpha value is -1.97. The maximum absolute atomic E-state index is 5.81. The molecular weight excluding hydrogens is 212 g/mol. The number of rotatable bonds is 2. The minimum Gasteiger partial charge on any atom is -0.384 e. The second kappa shape index (κ2) is 3.80. The number of anilines is 1. The average molecular weight is 226 g/mol. The Morgan fingerprint density at radius 1 is 1.24 bits per heavy atom. The Morgan fingerprint density at radius 3 is 2.71 bits per heavy atom. The lowest BCUT2D eigenvalue weighted by Gasteiger charge is -2.04. The number of aromatic nitrogens is 3. The summed E-state index contributed by atoms with van der Waals surface area (Å²) < 4.78 is 0. The molecule has 0 radical (unpaired) electrons. The molecule has 86 valence electrons. The van der Waals surface area contributed by atoms with Crippen LogP contribution in [0.25, 0.3) is 11.5 Å². The van der Waals surface area contributed by atoms with Crippen LogP contribution in [0.5, 0.6) is 0 Å². The van der Waals surface area contributed by atoms with Gasteiger partial charge in [0.1, 0.15) is 11.5 Å². The van der Waals surface area contributed by atoms with Gasteiger partial charge in [-0.2, -0.15) is 0 Å². The smallest absolute Gasteiger partial charge is 0.180 e. The molecule has 0 atom stereocenters. The van der Waals surface area contributed by atoms with Gasteiger partial charge >= 0.3 is 0 Å². The van der Waals surface area contributed by atoms with Gasteiger partial charge in [0.05, 0.1) is 0 Å². The van der Waals surface area contributed by atoms with Crippen LogP contribution < -0.4 is 5.73 Å². The highest BCUT2D eigenvalue weighted by Crippen LogP contribution is 2.39. The van der Waals surface area contributed by atoms with Crippen molar-refractivity contribution in [3.63, 3.8) is 0 Å². The number of hydrogen-bond acceptors (Lipinski definition) is 4. The number of pyridine rings is 1. The van der Waals surface area contributed by atoms with Gasteiger partial charge in [-0.3, -0.25) is 4.98 Å². The molecule has 1 fully saturated rings. The van der Waals surface area contributed by atoms with E-state index in [1.54, 1.807) is 0 Å². The number of hydrogen-bond donors (Lipinski definition) is 1. The zero-order valence-corrected chi connectivity index (χ0v) is 9.72. The van der Waals surface area contributed by atoms with Crippen LogP contribution in [-0.2, 0) is 0 Å². The van der Waals surface area contributed by atoms with Gasteiger partial charge in [-0.1, -0.05) is 6.07 Å². The maximum Gasteiger partial charge on any atom is 0.180 e. The highest BCUT2D eigenvalue weighted by molar-refractivity contribution is 5.52. The molecule has 4 nitrogen and oxygen atoms in total. The fraction of sp³-hybridized carbons (Fsp3) is 0.308. The molecule has 2 aromatic heterocycles. The van der Waals surface area contributed by atoms with Crippen molar-refractivity contribution < 1.29 is 0 Å². The first-order valence-corrected chi connectivity index (χ1v) is 5.80. The molecule has 2 aromatic rings. The van der Waals surface area contributed by atoms with Crippen molar-refractivity contribution in [2.45, 2.75) is 25.7 Å². The first-order chi connectivity index (χ1) is 8.22. The number of aryl methyl sites for hydroxylation is 1. The minimum atomic E-state index is 0.527. The SMILES string of the molecule is Cc1ccc(-c2nc(N)cc(C3CC3)n2)nc1. The molecule has 1 aliphatic carbocycles. The second-order valence-electron chi connectivity index (χ2n) is 4.54. The summed E-state index contributed by atoms with van der Waals surface area (Å²) in [6.45, 7) is 2.01. The number of nitrogens with zero attached hydrogens (tertiary/aromatic N) is 3. The Labute approximate surface area is 99.9 Å². The van der Waals surface area contributed by atoms with E-state index in [2.05, 4.69) is 15.0 Å². The lowest BCUT2D eigenvalue weighted by molar-refractivity contribution is 0.991. The molecule has 4 heteroatoms. The topological polar surface area (TPSA) is 64.7 Å². The van der Waals surface area contributed by atoms with E-state index in [-0.39, 0.29) is 0 Å². The summed E-state index contributed by atoms with van der Waals surface area (Å²) in [6.07, 6.45) is 4.23. The lowest BCUT2D eigenvalue weighted by Crippen LogP contribution is -2.00. The predicted octanol–water partition coefficient (Wildman–Crippen LogP) is 2.31. The summed E-state index contributed by atoms with van der Waals surface area (Å²) in [5.41, 5.74) is 8.77. The molecule has 0 aromatic carbocycles. The van der Waals surface area contributed by atoms with Gasteiger partial charge in [0.15, 0.2) is 5.82 Å². The monoisotopic (exact) mass is 226 g/mol. The van der Waals surface area contributed by atoms with E-state index < -0.39 is 0 Å². The highest BCUT2D eigenvalue weighted by Gasteiger charge is 2.26. The minimum absolute atomic E-state index is 0.527. The third kappa shape index (κ3) is 2.11. The molecular formula is C13H14N4. The van der Waals surface area contributed by atoms with Gasteiger partial charge < -0.3 is 5.73 Å². The molecule has 3 rings (SSSR count). The molecule has 2 heterocycles. The van der Waals surface area contributed by atoms with Crippen molar-refractivity contribution in [1.82, 2.24) is 15.0 Å². The molecule has 17 heavy (non-hydrogen) atoms. The van der Waals surface area contributed by atoms with E-state index in [0.29, 0.717) is 17.6 Å². The number of nitrogens with two attached hydrogens (primary N) is 1. The Kier molecular flexibility index (Phi) is 2.28. The summed E-state index contributed by atoms with van der Waals surface area (Å²) in [5.74, 6) is 1.73. The van der Waals surface area contributed by atoms with Crippen LogP contribution in [0.1, 0.15) is 30.0 Å². The average Bonchev–Trinajstić information content (AvgIpc) is 3.13. The lowest BCUT2D eigenvalue weighted by atomic mass is 10.2. The van der Waals surface area contributed by atoms with Gasteiger partial charge in [0.25, 0.3) is 0 Å². The van der Waals surface area contributed by atoms with Gasteiger partial charge in [0, 0.05) is 23.9 Å². The van der Waals surface area contributed by atoms with E-state index >= 15 is 0 Å². The van der Waals surface area contributed by atoms with Crippen LogP contribution in [0.3, 0.4) is 0 Å². The Morgan fingerprint density at radius 2 is 2.06 bits per heavy atom. The molecule has 0 aliphatic heterocycles. The van der Waals surface area contributed by atoms with Gasteiger partial charge in [0.2, 0.25) is 0 Å². The summed E-state index contributed by atoms with van der Waals surface area (Å²) in [4.78, 5) is 13.1. The van der Waals surface area contributed by atoms with Crippen molar-refractivity contribution in [1.29, 1.82) is 0 Å². The van der Waals surface area contributed by atoms with Crippen LogP contribution in [0, 0.1) is 6.92 Å². The standard InChI is InChI=1S/C13H14N4/c1-8-2-5-10(15-7-8)13-16-11(9-3-4-9)6-12(14)17-13/h2,5-7,9H,3-4H2,1H3,(H2,14,16,17). The zero-order chi connectivity index (χ0) is 11.8. The molecule has 2 N–H and O–H groups in total. The van der Waals surface area contributed by atoms with E-state index in [1.165, 1.54) is 12.8 Å². The summed E-state index contributed by atoms with van der Waals surface area (Å²) >= 11 is 0. The largest absolute Gasteiger partial charge is 0.384 e. The van der Waals surface area contributed by atoms with Gasteiger partial charge in [-0.05, 0) is 31.4 Å². The van der Waals surface area contributed by atoms with Crippen molar-refractivity contribution in [3.8, 4) is 11.5 Å². The molecule has 0 spiro atoms. The van der Waals surface area contributed by atoms with Crippen LogP contribution in [-0.4, -0.2) is 15.0 Å². The Bertz CT molecular complexity index is 544. The van der Waals surface area contributed by atoms with E-state index in [9.17, 15) is 0 Å². The van der Waals surface area contributed by atoms with Gasteiger partial charge in [-0.25, -0.2) is 9.97 Å². The molecule has 0 amide bonds. The second-order valence-corrected chi connectivity index (χ2v) is 4.54. The molecule has 0 saturated heterocycles. The van der Waals surface area contributed by atoms with Crippen molar-refractivity contribution >= 4 is 5.82 Å². The predicted molar refractivity (Wildman–Crippen MR) is 66.4 cm³/mol. The summed E-state index contributed by atoms with van der Waals surface area (Å²) in [5, 5.41) is 0. The highest BCUT2D eigenvalue weighted by atomic mass is 15.0. The quantitative estimate of drug-likeness (QED) is 0.853. The zero-order valence-electron chi connectivity index (χ0n) is 9.72. The molecule has 1 aliphatic rings. The van der Waals surface area contributed by atoms with Crippen molar-refractivity contribution in [3.05, 3.63) is 35.7 Å². The van der Waals surface area contributed by atoms with Crippen molar-refractivity contribution in [2.24, 2.45) is 0 Å². The van der Waals surface area contributed by atoms with E-state index in [0.717, 1.165) is 17.0 Å². The van der Waals surface area contributed by atoms with Crippen LogP contribution in [0.15, 0.2) is 24.4 Å². The van der Waals surface area contributed by atoms with Crippen LogP contribution in [0.4, 0.5) is 5.82 Å². The number of nitrogen functional groups attached to an aromatic ring is 1. The Balaban J connectivity index is 2.04. The summed E-state index contributed by atoms with van der Waals surface area (Å²) in [7, 11) is 0.